The molecule has 0 fully saturated rings. The highest BCUT2D eigenvalue weighted by molar-refractivity contribution is 7.92. The molecule has 0 aliphatic heterocycles. The molecule has 22 heavy (non-hydrogen) atoms. The highest BCUT2D eigenvalue weighted by Crippen LogP contribution is 2.23. The minimum atomic E-state index is -3.44. The molecular formula is C16H25NO4S. The Morgan fingerprint density at radius 1 is 1.18 bits per heavy atom. The first kappa shape index (κ1) is 18.5. The van der Waals surface area contributed by atoms with Crippen molar-refractivity contribution in [2.24, 2.45) is 0 Å². The fourth-order valence-corrected chi connectivity index (χ4v) is 4.25. The molecule has 0 radical (unpaired) electrons. The topological polar surface area (TPSA) is 72.5 Å². The van der Waals surface area contributed by atoms with Crippen molar-refractivity contribution in [3.63, 3.8) is 0 Å². The van der Waals surface area contributed by atoms with Crippen LogP contribution >= 0.6 is 0 Å². The summed E-state index contributed by atoms with van der Waals surface area (Å²) in [5, 5.41) is 2.17. The number of hydrogen-bond donors (Lipinski definition) is 1. The number of carbonyl (C=O) groups excluding carboxylic acids is 1. The van der Waals surface area contributed by atoms with Crippen molar-refractivity contribution in [1.29, 1.82) is 0 Å². The van der Waals surface area contributed by atoms with Crippen molar-refractivity contribution >= 4 is 21.4 Å². The van der Waals surface area contributed by atoms with E-state index in [2.05, 4.69) is 5.32 Å². The van der Waals surface area contributed by atoms with Crippen molar-refractivity contribution in [2.45, 2.75) is 44.8 Å². The number of ether oxygens (including phenoxy) is 1. The third-order valence-corrected chi connectivity index (χ3v) is 5.59. The van der Waals surface area contributed by atoms with Crippen LogP contribution in [0.5, 0.6) is 5.75 Å². The molecule has 0 bridgehead atoms. The Bertz CT molecular complexity index is 578. The molecule has 0 aliphatic carbocycles. The molecule has 0 spiro atoms. The first-order valence-electron chi connectivity index (χ1n) is 7.59. The Morgan fingerprint density at radius 2 is 1.77 bits per heavy atom. The molecule has 1 N–H and O–H groups in total. The molecule has 0 aliphatic rings. The summed E-state index contributed by atoms with van der Waals surface area (Å²) in [6.45, 7) is 3.90. The van der Waals surface area contributed by atoms with Crippen LogP contribution in [0.1, 0.15) is 39.5 Å². The van der Waals surface area contributed by atoms with Gasteiger partial charge in [0.2, 0.25) is 5.91 Å². The van der Waals surface area contributed by atoms with Crippen molar-refractivity contribution < 1.29 is 17.9 Å². The van der Waals surface area contributed by atoms with Crippen molar-refractivity contribution in [2.75, 3.05) is 18.2 Å². The second-order valence-corrected chi connectivity index (χ2v) is 7.54. The van der Waals surface area contributed by atoms with Gasteiger partial charge < -0.3 is 10.1 Å². The van der Waals surface area contributed by atoms with Crippen LogP contribution < -0.4 is 10.1 Å². The lowest BCUT2D eigenvalue weighted by Crippen LogP contribution is -2.31. The number of benzene rings is 1. The number of methoxy groups -OCH3 is 1. The van der Waals surface area contributed by atoms with Gasteiger partial charge in [-0.1, -0.05) is 38.8 Å². The van der Waals surface area contributed by atoms with E-state index in [0.717, 1.165) is 12.8 Å². The standard InChI is InChI=1S/C16H25NO4S/c1-4-8-13(9-5-2)22(19,20)12-16(18)17-14-10-6-7-11-15(14)21-3/h6-7,10-11,13H,4-5,8-9,12H2,1-3H3,(H,17,18). The minimum absolute atomic E-state index is 0.439. The molecule has 5 nitrogen and oxygen atoms in total. The highest BCUT2D eigenvalue weighted by Gasteiger charge is 2.27. The normalized spacial score (nSPS) is 11.5. The predicted octanol–water partition coefficient (Wildman–Crippen LogP) is 3.02. The van der Waals surface area contributed by atoms with E-state index in [1.165, 1.54) is 7.11 Å². The van der Waals surface area contributed by atoms with Crippen molar-refractivity contribution in [3.05, 3.63) is 24.3 Å². The van der Waals surface area contributed by atoms with Gasteiger partial charge in [-0.25, -0.2) is 8.42 Å². The number of anilines is 1. The lowest BCUT2D eigenvalue weighted by atomic mass is 10.2. The Morgan fingerprint density at radius 3 is 2.32 bits per heavy atom. The summed E-state index contributed by atoms with van der Waals surface area (Å²) in [5.74, 6) is -0.510. The van der Waals surface area contributed by atoms with Crippen molar-refractivity contribution in [3.8, 4) is 5.75 Å². The summed E-state index contributed by atoms with van der Waals surface area (Å²) < 4.78 is 29.9. The molecule has 1 aromatic rings. The summed E-state index contributed by atoms with van der Waals surface area (Å²) in [5.41, 5.74) is 0.479. The molecule has 0 atom stereocenters. The van der Waals surface area contributed by atoms with Gasteiger partial charge in [0.1, 0.15) is 11.5 Å². The fourth-order valence-electron chi connectivity index (χ4n) is 2.38. The summed E-state index contributed by atoms with van der Waals surface area (Å²) in [6.07, 6.45) is 2.77. The van der Waals surface area contributed by atoms with Gasteiger partial charge in [-0.05, 0) is 25.0 Å². The molecule has 1 amide bonds. The van der Waals surface area contributed by atoms with Gasteiger partial charge in [-0.15, -0.1) is 0 Å². The van der Waals surface area contributed by atoms with Crippen LogP contribution in [0.15, 0.2) is 24.3 Å². The first-order chi connectivity index (χ1) is 10.4. The average Bonchev–Trinajstić information content (AvgIpc) is 2.47. The maximum atomic E-state index is 12.4. The zero-order valence-corrected chi connectivity index (χ0v) is 14.3. The third kappa shape index (κ3) is 5.33. The van der Waals surface area contributed by atoms with Gasteiger partial charge in [-0.2, -0.15) is 0 Å². The third-order valence-electron chi connectivity index (χ3n) is 3.44. The molecule has 0 saturated heterocycles. The van der Waals surface area contributed by atoms with Crippen molar-refractivity contribution in [1.82, 2.24) is 0 Å². The number of hydrogen-bond acceptors (Lipinski definition) is 4. The molecule has 0 saturated carbocycles. The number of rotatable bonds is 9. The maximum absolute atomic E-state index is 12.4. The van der Waals surface area contributed by atoms with Gasteiger partial charge in [-0.3, -0.25) is 4.79 Å². The second-order valence-electron chi connectivity index (χ2n) is 5.26. The smallest absolute Gasteiger partial charge is 0.239 e. The second kappa shape index (κ2) is 8.78. The van der Waals surface area contributed by atoms with Gasteiger partial charge in [0.25, 0.3) is 0 Å². The lowest BCUT2D eigenvalue weighted by molar-refractivity contribution is -0.113. The molecule has 0 heterocycles. The Kier molecular flexibility index (Phi) is 7.38. The Balaban J connectivity index is 2.78. The lowest BCUT2D eigenvalue weighted by Gasteiger charge is -2.16. The highest BCUT2D eigenvalue weighted by atomic mass is 32.2. The van der Waals surface area contributed by atoms with Gasteiger partial charge in [0.05, 0.1) is 18.0 Å². The van der Waals surface area contributed by atoms with Crippen LogP contribution in [0.4, 0.5) is 5.69 Å². The first-order valence-corrected chi connectivity index (χ1v) is 9.30. The number of nitrogens with one attached hydrogen (secondary N) is 1. The predicted molar refractivity (Wildman–Crippen MR) is 89.0 cm³/mol. The van der Waals surface area contributed by atoms with E-state index >= 15 is 0 Å². The Hall–Kier alpha value is -1.56. The molecular weight excluding hydrogens is 302 g/mol. The minimum Gasteiger partial charge on any atom is -0.495 e. The number of sulfone groups is 1. The van der Waals surface area contributed by atoms with Gasteiger partial charge in [0.15, 0.2) is 9.84 Å². The van der Waals surface area contributed by atoms with Gasteiger partial charge in [0, 0.05) is 0 Å². The van der Waals surface area contributed by atoms with E-state index in [-0.39, 0.29) is 0 Å². The molecule has 1 rings (SSSR count). The van der Waals surface area contributed by atoms with E-state index in [1.54, 1.807) is 24.3 Å². The summed E-state index contributed by atoms with van der Waals surface area (Å²) >= 11 is 0. The monoisotopic (exact) mass is 327 g/mol. The zero-order chi connectivity index (χ0) is 16.6. The van der Waals surface area contributed by atoms with Crippen LogP contribution in [0.2, 0.25) is 0 Å². The quantitative estimate of drug-likeness (QED) is 0.757. The van der Waals surface area contributed by atoms with E-state index in [1.807, 2.05) is 13.8 Å². The maximum Gasteiger partial charge on any atom is 0.239 e. The zero-order valence-electron chi connectivity index (χ0n) is 13.5. The molecule has 0 aromatic heterocycles. The van der Waals surface area contributed by atoms with E-state index in [9.17, 15) is 13.2 Å². The fraction of sp³-hybridized carbons (Fsp3) is 0.562. The molecule has 0 unspecified atom stereocenters. The van der Waals surface area contributed by atoms with Crippen LogP contribution in [0, 0.1) is 0 Å². The summed E-state index contributed by atoms with van der Waals surface area (Å²) in [4.78, 5) is 12.1. The van der Waals surface area contributed by atoms with E-state index in [0.29, 0.717) is 24.3 Å². The average molecular weight is 327 g/mol. The Labute approximate surface area is 133 Å². The summed E-state index contributed by atoms with van der Waals surface area (Å²) in [7, 11) is -1.94. The van der Waals surface area contributed by atoms with E-state index < -0.39 is 26.7 Å². The van der Waals surface area contributed by atoms with Crippen LogP contribution in [-0.2, 0) is 14.6 Å². The molecule has 6 heteroatoms. The SMILES string of the molecule is CCCC(CCC)S(=O)(=O)CC(=O)Nc1ccccc1OC. The number of carbonyl (C=O) groups is 1. The van der Waals surface area contributed by atoms with Crippen LogP contribution in [-0.4, -0.2) is 32.4 Å². The van der Waals surface area contributed by atoms with Crippen LogP contribution in [0.25, 0.3) is 0 Å². The molecule has 124 valence electrons. The number of para-hydroxylation sites is 2. The van der Waals surface area contributed by atoms with E-state index in [4.69, 9.17) is 4.74 Å². The number of amides is 1. The van der Waals surface area contributed by atoms with Crippen LogP contribution in [0.3, 0.4) is 0 Å². The molecule has 1 aromatic carbocycles. The largest absolute Gasteiger partial charge is 0.495 e. The summed E-state index contributed by atoms with van der Waals surface area (Å²) in [6, 6.07) is 6.92. The van der Waals surface area contributed by atoms with Gasteiger partial charge >= 0.3 is 0 Å².